The number of rotatable bonds is 5. The standard InChI is InChI=1S/C10H14N4O2S2/c1-7-6-17-9(2-11)10(7)18(15,16)14-5-8-3-12-13-4-8/h3-4,6,14H,2,5,11H2,1H3,(H,12,13). The van der Waals surface area contributed by atoms with Crippen LogP contribution in [0.25, 0.3) is 0 Å². The molecular formula is C10H14N4O2S2. The molecule has 0 saturated carbocycles. The van der Waals surface area contributed by atoms with Gasteiger partial charge in [-0.15, -0.1) is 11.3 Å². The molecule has 0 spiro atoms. The molecule has 0 radical (unpaired) electrons. The average molecular weight is 286 g/mol. The zero-order valence-corrected chi connectivity index (χ0v) is 11.4. The molecule has 0 aliphatic heterocycles. The molecule has 0 unspecified atom stereocenters. The first-order chi connectivity index (χ1) is 8.54. The first kappa shape index (κ1) is 13.2. The Morgan fingerprint density at radius 3 is 2.94 bits per heavy atom. The van der Waals surface area contributed by atoms with Crippen LogP contribution in [0.2, 0.25) is 0 Å². The maximum atomic E-state index is 12.2. The molecule has 0 saturated heterocycles. The van der Waals surface area contributed by atoms with Crippen LogP contribution in [0.5, 0.6) is 0 Å². The van der Waals surface area contributed by atoms with E-state index >= 15 is 0 Å². The molecule has 18 heavy (non-hydrogen) atoms. The van der Waals surface area contributed by atoms with Gasteiger partial charge in [0.1, 0.15) is 4.90 Å². The number of thiophene rings is 1. The number of H-pyrrole nitrogens is 1. The van der Waals surface area contributed by atoms with Crippen molar-refractivity contribution >= 4 is 21.4 Å². The van der Waals surface area contributed by atoms with E-state index in [1.54, 1.807) is 24.7 Å². The summed E-state index contributed by atoms with van der Waals surface area (Å²) in [5.74, 6) is 0. The van der Waals surface area contributed by atoms with Gasteiger partial charge < -0.3 is 5.73 Å². The fourth-order valence-electron chi connectivity index (χ4n) is 1.61. The lowest BCUT2D eigenvalue weighted by molar-refractivity contribution is 0.580. The molecule has 0 aromatic carbocycles. The Labute approximate surface area is 109 Å². The number of aromatic nitrogens is 2. The highest BCUT2D eigenvalue weighted by Gasteiger charge is 2.22. The molecule has 0 amide bonds. The van der Waals surface area contributed by atoms with E-state index in [0.717, 1.165) is 11.1 Å². The van der Waals surface area contributed by atoms with E-state index in [1.807, 2.05) is 0 Å². The molecule has 0 bridgehead atoms. The molecule has 0 aliphatic carbocycles. The van der Waals surface area contributed by atoms with Gasteiger partial charge in [-0.3, -0.25) is 5.10 Å². The second-order valence-corrected chi connectivity index (χ2v) is 6.47. The molecule has 2 aromatic rings. The topological polar surface area (TPSA) is 101 Å². The van der Waals surface area contributed by atoms with Crippen molar-refractivity contribution in [2.45, 2.75) is 24.9 Å². The molecule has 0 atom stereocenters. The van der Waals surface area contributed by atoms with Crippen molar-refractivity contribution in [2.24, 2.45) is 5.73 Å². The van der Waals surface area contributed by atoms with E-state index in [2.05, 4.69) is 14.9 Å². The number of nitrogens with zero attached hydrogens (tertiary/aromatic N) is 1. The van der Waals surface area contributed by atoms with Crippen molar-refractivity contribution < 1.29 is 8.42 Å². The summed E-state index contributed by atoms with van der Waals surface area (Å²) in [5, 5.41) is 8.19. The summed E-state index contributed by atoms with van der Waals surface area (Å²) in [4.78, 5) is 0.977. The SMILES string of the molecule is Cc1csc(CN)c1S(=O)(=O)NCc1cn[nH]c1. The lowest BCUT2D eigenvalue weighted by Crippen LogP contribution is -2.24. The van der Waals surface area contributed by atoms with Gasteiger partial charge >= 0.3 is 0 Å². The van der Waals surface area contributed by atoms with Crippen LogP contribution in [-0.4, -0.2) is 18.6 Å². The van der Waals surface area contributed by atoms with Crippen LogP contribution in [-0.2, 0) is 23.1 Å². The Morgan fingerprint density at radius 1 is 1.56 bits per heavy atom. The van der Waals surface area contributed by atoms with E-state index < -0.39 is 10.0 Å². The van der Waals surface area contributed by atoms with Gasteiger partial charge in [0.05, 0.1) is 6.20 Å². The minimum Gasteiger partial charge on any atom is -0.326 e. The van der Waals surface area contributed by atoms with Crippen molar-refractivity contribution in [3.8, 4) is 0 Å². The van der Waals surface area contributed by atoms with E-state index in [0.29, 0.717) is 9.77 Å². The van der Waals surface area contributed by atoms with Crippen molar-refractivity contribution in [3.05, 3.63) is 33.8 Å². The first-order valence-electron chi connectivity index (χ1n) is 5.29. The van der Waals surface area contributed by atoms with Gasteiger partial charge in [-0.1, -0.05) is 0 Å². The molecule has 2 heterocycles. The molecule has 6 nitrogen and oxygen atoms in total. The predicted molar refractivity (Wildman–Crippen MR) is 69.6 cm³/mol. The number of aromatic amines is 1. The van der Waals surface area contributed by atoms with Crippen LogP contribution in [0.3, 0.4) is 0 Å². The molecule has 2 rings (SSSR count). The second kappa shape index (κ2) is 5.19. The van der Waals surface area contributed by atoms with Crippen LogP contribution in [0.1, 0.15) is 16.0 Å². The monoisotopic (exact) mass is 286 g/mol. The third kappa shape index (κ3) is 2.61. The number of sulfonamides is 1. The lowest BCUT2D eigenvalue weighted by atomic mass is 10.3. The summed E-state index contributed by atoms with van der Waals surface area (Å²) in [7, 11) is -3.53. The number of nitrogens with one attached hydrogen (secondary N) is 2. The van der Waals surface area contributed by atoms with E-state index in [-0.39, 0.29) is 13.1 Å². The van der Waals surface area contributed by atoms with Crippen molar-refractivity contribution in [3.63, 3.8) is 0 Å². The number of aryl methyl sites for hydroxylation is 1. The fraction of sp³-hybridized carbons (Fsp3) is 0.300. The summed E-state index contributed by atoms with van der Waals surface area (Å²) in [6, 6.07) is 0. The molecule has 0 aliphatic rings. The highest BCUT2D eigenvalue weighted by Crippen LogP contribution is 2.26. The molecular weight excluding hydrogens is 272 g/mol. The summed E-state index contributed by atoms with van der Waals surface area (Å²) in [5.41, 5.74) is 7.06. The van der Waals surface area contributed by atoms with Gasteiger partial charge in [0, 0.05) is 29.7 Å². The third-order valence-electron chi connectivity index (χ3n) is 2.46. The predicted octanol–water partition coefficient (Wildman–Crippen LogP) is 0.717. The Morgan fingerprint density at radius 2 is 2.33 bits per heavy atom. The summed E-state index contributed by atoms with van der Waals surface area (Å²) < 4.78 is 26.9. The second-order valence-electron chi connectivity index (χ2n) is 3.81. The van der Waals surface area contributed by atoms with Gasteiger partial charge in [0.15, 0.2) is 0 Å². The maximum absolute atomic E-state index is 12.2. The van der Waals surface area contributed by atoms with Gasteiger partial charge in [-0.2, -0.15) is 5.10 Å². The van der Waals surface area contributed by atoms with Gasteiger partial charge in [-0.05, 0) is 17.9 Å². The number of nitrogens with two attached hydrogens (primary N) is 1. The highest BCUT2D eigenvalue weighted by molar-refractivity contribution is 7.89. The van der Waals surface area contributed by atoms with Crippen LogP contribution >= 0.6 is 11.3 Å². The summed E-state index contributed by atoms with van der Waals surface area (Å²) in [6.45, 7) is 2.20. The zero-order chi connectivity index (χ0) is 13.2. The molecule has 98 valence electrons. The Kier molecular flexibility index (Phi) is 3.81. The van der Waals surface area contributed by atoms with Gasteiger partial charge in [-0.25, -0.2) is 13.1 Å². The van der Waals surface area contributed by atoms with E-state index in [4.69, 9.17) is 5.73 Å². The molecule has 8 heteroatoms. The quantitative estimate of drug-likeness (QED) is 0.753. The Bertz CT molecular complexity index is 616. The minimum atomic E-state index is -3.53. The fourth-order valence-corrected chi connectivity index (χ4v) is 4.33. The largest absolute Gasteiger partial charge is 0.326 e. The maximum Gasteiger partial charge on any atom is 0.242 e. The number of hydrogen-bond donors (Lipinski definition) is 3. The molecule has 0 fully saturated rings. The van der Waals surface area contributed by atoms with Crippen molar-refractivity contribution in [2.75, 3.05) is 0 Å². The third-order valence-corrected chi connectivity index (χ3v) is 5.35. The smallest absolute Gasteiger partial charge is 0.242 e. The molecule has 2 aromatic heterocycles. The van der Waals surface area contributed by atoms with Crippen LogP contribution < -0.4 is 10.5 Å². The highest BCUT2D eigenvalue weighted by atomic mass is 32.2. The summed E-state index contributed by atoms with van der Waals surface area (Å²) in [6.07, 6.45) is 3.22. The average Bonchev–Trinajstić information content (AvgIpc) is 2.95. The zero-order valence-electron chi connectivity index (χ0n) is 9.80. The lowest BCUT2D eigenvalue weighted by Gasteiger charge is -2.07. The van der Waals surface area contributed by atoms with Crippen molar-refractivity contribution in [1.82, 2.24) is 14.9 Å². The van der Waals surface area contributed by atoms with Crippen LogP contribution in [0.15, 0.2) is 22.7 Å². The van der Waals surface area contributed by atoms with E-state index in [1.165, 1.54) is 11.3 Å². The van der Waals surface area contributed by atoms with Crippen molar-refractivity contribution in [1.29, 1.82) is 0 Å². The normalized spacial score (nSPS) is 11.9. The van der Waals surface area contributed by atoms with Crippen LogP contribution in [0, 0.1) is 6.92 Å². The Hall–Kier alpha value is -1.22. The first-order valence-corrected chi connectivity index (χ1v) is 7.65. The summed E-state index contributed by atoms with van der Waals surface area (Å²) >= 11 is 1.36. The Balaban J connectivity index is 2.22. The van der Waals surface area contributed by atoms with Gasteiger partial charge in [0.25, 0.3) is 0 Å². The van der Waals surface area contributed by atoms with Gasteiger partial charge in [0.2, 0.25) is 10.0 Å². The van der Waals surface area contributed by atoms with Crippen LogP contribution in [0.4, 0.5) is 0 Å². The minimum absolute atomic E-state index is 0.206. The number of hydrogen-bond acceptors (Lipinski definition) is 5. The van der Waals surface area contributed by atoms with E-state index in [9.17, 15) is 8.42 Å². The molecule has 4 N–H and O–H groups in total.